The van der Waals surface area contributed by atoms with Gasteiger partial charge in [-0.3, -0.25) is 9.69 Å². The van der Waals surface area contributed by atoms with Gasteiger partial charge in [0, 0.05) is 12.7 Å². The summed E-state index contributed by atoms with van der Waals surface area (Å²) in [7, 11) is 2.13. The van der Waals surface area contributed by atoms with E-state index in [1.807, 2.05) is 24.4 Å². The number of fused-ring (bicyclic) bond motifs is 1. The van der Waals surface area contributed by atoms with Crippen LogP contribution in [0.5, 0.6) is 0 Å². The Labute approximate surface area is 166 Å². The molecule has 1 aliphatic rings. The first-order valence-corrected chi connectivity index (χ1v) is 9.28. The van der Waals surface area contributed by atoms with E-state index in [0.29, 0.717) is 24.2 Å². The molecule has 1 fully saturated rings. The van der Waals surface area contributed by atoms with Gasteiger partial charge in [-0.25, -0.2) is 9.78 Å². The molecule has 1 saturated heterocycles. The molecule has 1 aliphatic heterocycles. The maximum atomic E-state index is 12.5. The molecule has 2 aromatic rings. The molecule has 1 amide bonds. The second-order valence-electron chi connectivity index (χ2n) is 7.32. The van der Waals surface area contributed by atoms with E-state index < -0.39 is 12.1 Å². The first kappa shape index (κ1) is 22.7. The molecule has 2 N–H and O–H groups in total. The van der Waals surface area contributed by atoms with Crippen LogP contribution in [-0.2, 0) is 4.79 Å². The number of hydrogen-bond donors (Lipinski definition) is 2. The molecule has 0 bridgehead atoms. The van der Waals surface area contributed by atoms with Gasteiger partial charge in [0.15, 0.2) is 5.69 Å². The summed E-state index contributed by atoms with van der Waals surface area (Å²) >= 11 is 0. The standard InChI is InChI=1S/C17H24N4O.C2HF3O2/c1-12(2)11-18-17(22)15-13-7-4-5-10-21(13)16(19-15)14-8-6-9-20(14)3;3-2(4,5)1(6)7/h4-5,7,10,12,14H,6,8-9,11H2,1-3H3,(H,18,22);(H,6,7). The van der Waals surface area contributed by atoms with Crippen molar-refractivity contribution in [1.82, 2.24) is 19.6 Å². The summed E-state index contributed by atoms with van der Waals surface area (Å²) in [6.45, 7) is 5.93. The fourth-order valence-electron chi connectivity index (χ4n) is 3.08. The van der Waals surface area contributed by atoms with E-state index in [0.717, 1.165) is 24.3 Å². The predicted octanol–water partition coefficient (Wildman–Crippen LogP) is 3.12. The lowest BCUT2D eigenvalue weighted by atomic mass is 10.2. The van der Waals surface area contributed by atoms with Crippen LogP contribution in [0.1, 0.15) is 49.0 Å². The third-order valence-electron chi connectivity index (χ3n) is 4.52. The van der Waals surface area contributed by atoms with Crippen molar-refractivity contribution >= 4 is 17.4 Å². The monoisotopic (exact) mass is 414 g/mol. The Morgan fingerprint density at radius 2 is 2.00 bits per heavy atom. The van der Waals surface area contributed by atoms with Gasteiger partial charge in [-0.05, 0) is 44.5 Å². The van der Waals surface area contributed by atoms with E-state index in [2.05, 4.69) is 35.5 Å². The number of carboxylic acid groups (broad SMARTS) is 1. The number of imidazole rings is 1. The van der Waals surface area contributed by atoms with E-state index in [4.69, 9.17) is 14.9 Å². The maximum absolute atomic E-state index is 12.5. The number of amides is 1. The van der Waals surface area contributed by atoms with Gasteiger partial charge in [0.2, 0.25) is 0 Å². The highest BCUT2D eigenvalue weighted by atomic mass is 19.4. The molecule has 2 aromatic heterocycles. The SMILES string of the molecule is CC(C)CNC(=O)c1nc(C2CCCN2C)n2ccccc12.O=C(O)C(F)(F)F. The Balaban J connectivity index is 0.000000370. The molecule has 1 atom stereocenters. The molecule has 29 heavy (non-hydrogen) atoms. The number of nitrogens with zero attached hydrogens (tertiary/aromatic N) is 3. The van der Waals surface area contributed by atoms with Crippen LogP contribution in [0.2, 0.25) is 0 Å². The van der Waals surface area contributed by atoms with Crippen LogP contribution in [0.4, 0.5) is 13.2 Å². The Hall–Kier alpha value is -2.62. The van der Waals surface area contributed by atoms with Crippen LogP contribution in [-0.4, -0.2) is 57.6 Å². The van der Waals surface area contributed by atoms with Crippen molar-refractivity contribution in [3.05, 3.63) is 35.9 Å². The average molecular weight is 414 g/mol. The molecule has 0 aliphatic carbocycles. The second kappa shape index (κ2) is 9.25. The fourth-order valence-corrected chi connectivity index (χ4v) is 3.08. The number of aromatic nitrogens is 2. The molecule has 0 aromatic carbocycles. The summed E-state index contributed by atoms with van der Waals surface area (Å²) < 4.78 is 33.8. The van der Waals surface area contributed by atoms with Gasteiger partial charge in [-0.1, -0.05) is 19.9 Å². The summed E-state index contributed by atoms with van der Waals surface area (Å²) in [6.07, 6.45) is -0.807. The molecule has 0 radical (unpaired) electrons. The summed E-state index contributed by atoms with van der Waals surface area (Å²) in [6, 6.07) is 6.21. The number of carboxylic acids is 1. The zero-order valence-electron chi connectivity index (χ0n) is 16.5. The van der Waals surface area contributed by atoms with Gasteiger partial charge in [-0.2, -0.15) is 13.2 Å². The molecule has 1 unspecified atom stereocenters. The van der Waals surface area contributed by atoms with Crippen molar-refractivity contribution in [1.29, 1.82) is 0 Å². The smallest absolute Gasteiger partial charge is 0.475 e. The Morgan fingerprint density at radius 1 is 1.34 bits per heavy atom. The number of nitrogens with one attached hydrogen (secondary N) is 1. The zero-order valence-corrected chi connectivity index (χ0v) is 16.5. The molecule has 3 rings (SSSR count). The van der Waals surface area contributed by atoms with Gasteiger partial charge in [0.1, 0.15) is 5.82 Å². The minimum absolute atomic E-state index is 0.0794. The van der Waals surface area contributed by atoms with E-state index in [-0.39, 0.29) is 5.91 Å². The number of carbonyl (C=O) groups excluding carboxylic acids is 1. The molecular weight excluding hydrogens is 389 g/mol. The van der Waals surface area contributed by atoms with E-state index in [1.165, 1.54) is 6.42 Å². The highest BCUT2D eigenvalue weighted by Gasteiger charge is 2.38. The molecule has 0 saturated carbocycles. The lowest BCUT2D eigenvalue weighted by molar-refractivity contribution is -0.192. The summed E-state index contributed by atoms with van der Waals surface area (Å²) in [5.74, 6) is -1.43. The van der Waals surface area contributed by atoms with Crippen LogP contribution in [0, 0.1) is 5.92 Å². The third-order valence-corrected chi connectivity index (χ3v) is 4.52. The molecule has 160 valence electrons. The number of halogens is 3. The third kappa shape index (κ3) is 5.69. The number of alkyl halides is 3. The van der Waals surface area contributed by atoms with Gasteiger partial charge in [0.05, 0.1) is 11.6 Å². The van der Waals surface area contributed by atoms with E-state index in [1.54, 1.807) is 0 Å². The molecule has 3 heterocycles. The lowest BCUT2D eigenvalue weighted by Gasteiger charge is -2.17. The van der Waals surface area contributed by atoms with Crippen LogP contribution < -0.4 is 5.32 Å². The van der Waals surface area contributed by atoms with Gasteiger partial charge in [0.25, 0.3) is 5.91 Å². The summed E-state index contributed by atoms with van der Waals surface area (Å²) in [4.78, 5) is 28.4. The number of hydrogen-bond acceptors (Lipinski definition) is 4. The number of rotatable bonds is 4. The van der Waals surface area contributed by atoms with Crippen molar-refractivity contribution in [2.75, 3.05) is 20.1 Å². The van der Waals surface area contributed by atoms with Crippen molar-refractivity contribution in [2.45, 2.75) is 38.9 Å². The van der Waals surface area contributed by atoms with Crippen LogP contribution >= 0.6 is 0 Å². The molecular formula is C19H25F3N4O3. The van der Waals surface area contributed by atoms with Gasteiger partial charge >= 0.3 is 12.1 Å². The topological polar surface area (TPSA) is 86.9 Å². The van der Waals surface area contributed by atoms with Crippen LogP contribution in [0.15, 0.2) is 24.4 Å². The first-order chi connectivity index (χ1) is 13.5. The minimum Gasteiger partial charge on any atom is -0.475 e. The average Bonchev–Trinajstić information content (AvgIpc) is 3.22. The van der Waals surface area contributed by atoms with Crippen molar-refractivity contribution in [2.24, 2.45) is 5.92 Å². The number of likely N-dealkylation sites (tertiary alicyclic amines) is 1. The van der Waals surface area contributed by atoms with Crippen molar-refractivity contribution < 1.29 is 27.9 Å². The highest BCUT2D eigenvalue weighted by Crippen LogP contribution is 2.31. The van der Waals surface area contributed by atoms with Crippen LogP contribution in [0.3, 0.4) is 0 Å². The molecule has 7 nitrogen and oxygen atoms in total. The molecule has 0 spiro atoms. The Kier molecular flexibility index (Phi) is 7.23. The van der Waals surface area contributed by atoms with Gasteiger partial charge < -0.3 is 14.8 Å². The second-order valence-corrected chi connectivity index (χ2v) is 7.32. The van der Waals surface area contributed by atoms with Crippen molar-refractivity contribution in [3.63, 3.8) is 0 Å². The highest BCUT2D eigenvalue weighted by molar-refractivity contribution is 5.99. The van der Waals surface area contributed by atoms with E-state index >= 15 is 0 Å². The zero-order chi connectivity index (χ0) is 21.8. The predicted molar refractivity (Wildman–Crippen MR) is 101 cm³/mol. The van der Waals surface area contributed by atoms with Crippen LogP contribution in [0.25, 0.3) is 5.52 Å². The Morgan fingerprint density at radius 3 is 2.52 bits per heavy atom. The number of pyridine rings is 1. The van der Waals surface area contributed by atoms with Crippen molar-refractivity contribution in [3.8, 4) is 0 Å². The summed E-state index contributed by atoms with van der Waals surface area (Å²) in [5.41, 5.74) is 1.43. The lowest BCUT2D eigenvalue weighted by Crippen LogP contribution is -2.27. The minimum atomic E-state index is -5.08. The summed E-state index contributed by atoms with van der Waals surface area (Å²) in [5, 5.41) is 10.1. The van der Waals surface area contributed by atoms with E-state index in [9.17, 15) is 18.0 Å². The Bertz CT molecular complexity index is 864. The fraction of sp³-hybridized carbons (Fsp3) is 0.526. The first-order valence-electron chi connectivity index (χ1n) is 9.28. The van der Waals surface area contributed by atoms with Gasteiger partial charge in [-0.15, -0.1) is 0 Å². The molecule has 10 heteroatoms. The normalized spacial score (nSPS) is 17.3. The largest absolute Gasteiger partial charge is 0.490 e. The maximum Gasteiger partial charge on any atom is 0.490 e. The quantitative estimate of drug-likeness (QED) is 0.803. The number of aliphatic carboxylic acids is 1. The number of carbonyl (C=O) groups is 2.